The fourth-order valence-electron chi connectivity index (χ4n) is 12.0. The zero-order valence-corrected chi connectivity index (χ0v) is 57.3. The van der Waals surface area contributed by atoms with Gasteiger partial charge in [0.05, 0.1) is 171 Å². The monoisotopic (exact) mass is 1220 g/mol. The molecule has 0 bridgehead atoms. The van der Waals surface area contributed by atoms with Crippen LogP contribution in [0.15, 0.2) is 129 Å². The van der Waals surface area contributed by atoms with Gasteiger partial charge in [-0.2, -0.15) is 0 Å². The highest BCUT2D eigenvalue weighted by Gasteiger charge is 2.30. The molecule has 0 unspecified atom stereocenters. The number of hydrogen-bond acceptors (Lipinski definition) is 6. The van der Waals surface area contributed by atoms with Gasteiger partial charge in [-0.15, -0.1) is 0 Å². The van der Waals surface area contributed by atoms with Crippen molar-refractivity contribution >= 4 is 80.5 Å². The first kappa shape index (κ1) is 68.6. The van der Waals surface area contributed by atoms with Gasteiger partial charge in [-0.3, -0.25) is 9.80 Å². The molecule has 458 valence electrons. The number of quaternary nitrogens is 4. The number of thioether (sulfide) groups is 2. The minimum Gasteiger partial charge on any atom is -1.00 e. The van der Waals surface area contributed by atoms with E-state index in [1.807, 2.05) is 23.5 Å². The van der Waals surface area contributed by atoms with E-state index >= 15 is 0 Å². The number of pyridine rings is 2. The number of anilines is 4. The van der Waals surface area contributed by atoms with E-state index in [0.717, 1.165) is 109 Å². The summed E-state index contributed by atoms with van der Waals surface area (Å²) in [5.41, 5.74) is 7.90. The summed E-state index contributed by atoms with van der Waals surface area (Å²) in [6, 6.07) is 41.2. The van der Waals surface area contributed by atoms with Gasteiger partial charge in [0, 0.05) is 72.5 Å². The van der Waals surface area contributed by atoms with Crippen LogP contribution < -0.4 is 53.5 Å². The Morgan fingerprint density at radius 2 is 0.690 bits per heavy atom. The first-order valence-corrected chi connectivity index (χ1v) is 32.7. The van der Waals surface area contributed by atoms with E-state index in [1.165, 1.54) is 127 Å². The lowest BCUT2D eigenvalue weighted by atomic mass is 10.1. The van der Waals surface area contributed by atoms with Gasteiger partial charge in [-0.1, -0.05) is 110 Å². The molecule has 6 aromatic rings. The fraction of sp³-hybridized carbons (Fsp3) is 0.514. The van der Waals surface area contributed by atoms with Crippen molar-refractivity contribution in [3.8, 4) is 0 Å². The normalized spacial score (nSPS) is 14.6. The molecule has 2 aliphatic rings. The van der Waals surface area contributed by atoms with Crippen LogP contribution in [-0.4, -0.2) is 169 Å². The smallest absolute Gasteiger partial charge is 0.277 e. The van der Waals surface area contributed by atoms with Crippen LogP contribution in [0.2, 0.25) is 0 Å². The largest absolute Gasteiger partial charge is 1.00 e. The Labute approximate surface area is 530 Å². The Morgan fingerprint density at radius 1 is 0.393 bits per heavy atom. The minimum absolute atomic E-state index is 0. The lowest BCUT2D eigenvalue weighted by Gasteiger charge is -2.28. The van der Waals surface area contributed by atoms with Crippen LogP contribution in [-0.2, 0) is 13.1 Å². The number of para-hydroxylation sites is 4. The summed E-state index contributed by atoms with van der Waals surface area (Å²) in [5.74, 6) is 2.75. The van der Waals surface area contributed by atoms with Crippen molar-refractivity contribution in [2.75, 3.05) is 171 Å². The summed E-state index contributed by atoms with van der Waals surface area (Å²) < 4.78 is 9.34. The summed E-state index contributed by atoms with van der Waals surface area (Å²) in [5, 5.41) is 5.24. The summed E-state index contributed by atoms with van der Waals surface area (Å²) >= 11 is 3.78. The molecular weight excluding hydrogens is 1120 g/mol. The van der Waals surface area contributed by atoms with Crippen molar-refractivity contribution in [1.82, 2.24) is 0 Å². The van der Waals surface area contributed by atoms with Crippen LogP contribution >= 0.6 is 23.5 Å². The number of fused-ring (bicyclic) bond motifs is 4. The number of rotatable bonds is 31. The third-order valence-electron chi connectivity index (χ3n) is 16.4. The van der Waals surface area contributed by atoms with Crippen LogP contribution in [0.1, 0.15) is 88.2 Å². The predicted molar refractivity (Wildman–Crippen MR) is 357 cm³/mol. The lowest BCUT2D eigenvalue weighted by molar-refractivity contribution is -0.870. The van der Waals surface area contributed by atoms with Crippen LogP contribution in [0.4, 0.5) is 23.0 Å². The number of unbranched alkanes of at least 4 members (excludes halogenated alkanes) is 7. The molecule has 0 saturated heterocycles. The number of aromatic nitrogens is 2. The van der Waals surface area contributed by atoms with Gasteiger partial charge in [0.15, 0.2) is 0 Å². The van der Waals surface area contributed by atoms with Crippen molar-refractivity contribution in [1.29, 1.82) is 0 Å². The molecule has 10 nitrogen and oxygen atoms in total. The fourth-order valence-corrected chi connectivity index (χ4v) is 14.2. The highest BCUT2D eigenvalue weighted by Crippen LogP contribution is 2.47. The highest BCUT2D eigenvalue weighted by atomic mass is 35.5. The molecule has 84 heavy (non-hydrogen) atoms. The molecule has 0 aliphatic carbocycles. The minimum atomic E-state index is 0. The van der Waals surface area contributed by atoms with E-state index in [0.29, 0.717) is 0 Å². The second-order valence-electron chi connectivity index (χ2n) is 27.7. The first-order valence-electron chi connectivity index (χ1n) is 31.1. The molecule has 0 amide bonds. The Morgan fingerprint density at radius 3 is 1.01 bits per heavy atom. The number of hydrogen-bond donors (Lipinski definition) is 0. The zero-order chi connectivity index (χ0) is 58.7. The van der Waals surface area contributed by atoms with Crippen LogP contribution in [0.5, 0.6) is 0 Å². The van der Waals surface area contributed by atoms with E-state index in [4.69, 9.17) is 0 Å². The van der Waals surface area contributed by atoms with Crippen molar-refractivity contribution in [2.45, 2.75) is 99.9 Å². The Hall–Kier alpha value is -4.50. The molecule has 0 spiro atoms. The molecule has 4 aromatic carbocycles. The molecule has 14 heteroatoms. The molecule has 0 radical (unpaired) electrons. The maximum Gasteiger partial charge on any atom is 0.277 e. The van der Waals surface area contributed by atoms with Gasteiger partial charge in [-0.25, -0.2) is 9.13 Å². The number of aryl methyl sites for hydroxylation is 2. The molecule has 2 aromatic heterocycles. The number of halogens is 2. The third-order valence-corrected chi connectivity index (χ3v) is 18.8. The molecule has 0 atom stereocenters. The van der Waals surface area contributed by atoms with E-state index in [2.05, 4.69) is 249 Å². The highest BCUT2D eigenvalue weighted by molar-refractivity contribution is 8.04. The molecule has 0 fully saturated rings. The quantitative estimate of drug-likeness (QED) is 0.0254. The summed E-state index contributed by atoms with van der Waals surface area (Å²) in [4.78, 5) is 12.9. The van der Waals surface area contributed by atoms with Gasteiger partial charge in [0.25, 0.3) is 11.6 Å². The molecule has 0 saturated carbocycles. The maximum atomic E-state index is 2.75. The van der Waals surface area contributed by atoms with Crippen molar-refractivity contribution in [3.05, 3.63) is 130 Å². The van der Waals surface area contributed by atoms with E-state index in [1.54, 1.807) is 0 Å². The van der Waals surface area contributed by atoms with Gasteiger partial charge in [-0.05, 0) is 85.4 Å². The number of nitrogens with zero attached hydrogens (tertiary/aromatic N) is 10. The van der Waals surface area contributed by atoms with Gasteiger partial charge in [0.2, 0.25) is 0 Å². The number of benzene rings is 4. The van der Waals surface area contributed by atoms with Crippen LogP contribution in [0.25, 0.3) is 34.0 Å². The van der Waals surface area contributed by atoms with E-state index in [9.17, 15) is 0 Å². The Bertz CT molecular complexity index is 2880. The third kappa shape index (κ3) is 19.5. The predicted octanol–water partition coefficient (Wildman–Crippen LogP) is 7.48. The van der Waals surface area contributed by atoms with Crippen LogP contribution in [0.3, 0.4) is 0 Å². The molecule has 0 N–H and O–H groups in total. The maximum absolute atomic E-state index is 2.75. The Kier molecular flexibility index (Phi) is 25.2. The standard InChI is InChI=1S/C70H106N10S2.2ClH/c1-71-63-39-25-27-41-65(63)81-69(71)55-57-53-67(73(43-31-49-77(3,4)5)44-32-50-78(6,7)8)75(61-37-23-21-35-59(57)61)47-29-19-17-15-16-18-20-30-48-76-62-38-24-22-36-60(62)58(56-70-72(2)64-40-26-28-42-66(64)82-70)54-68(76)74(45-33-51-79(9,10)11)46-34-52-80(12,13)14;;/h21-28,35-42,53-56H,15-20,29-34,43-52H2,1-14H3;2*1H/q+6;;/p-2. The second kappa shape index (κ2) is 30.9. The van der Waals surface area contributed by atoms with Gasteiger partial charge >= 0.3 is 0 Å². The summed E-state index contributed by atoms with van der Waals surface area (Å²) in [6.07, 6.45) is 19.6. The molecule has 4 heterocycles. The first-order chi connectivity index (χ1) is 39.0. The van der Waals surface area contributed by atoms with Crippen molar-refractivity contribution in [3.63, 3.8) is 0 Å². The van der Waals surface area contributed by atoms with Gasteiger partial charge < -0.3 is 52.5 Å². The van der Waals surface area contributed by atoms with Crippen molar-refractivity contribution < 1.29 is 51.9 Å². The van der Waals surface area contributed by atoms with E-state index < -0.39 is 0 Å². The van der Waals surface area contributed by atoms with E-state index in [-0.39, 0.29) is 24.8 Å². The average Bonchev–Trinajstić information content (AvgIpc) is 2.97. The molecular formula is C70H106Cl2N10S2+4. The Balaban J connectivity index is 0.00000566. The average molecular weight is 1220 g/mol. The lowest BCUT2D eigenvalue weighted by Crippen LogP contribution is -3.00. The zero-order valence-electron chi connectivity index (χ0n) is 54.1. The van der Waals surface area contributed by atoms with Crippen LogP contribution in [0, 0.1) is 0 Å². The SMILES string of the molecule is CN1/C(=C\c2cc(N(CCC[N+](C)(C)C)CCC[N+](C)(C)C)[n+](CCCCCCCCCC[n+]3c(N(CCC[N+](C)(C)C)CCC[N+](C)(C)C)cc(/C=C4/Sc5ccccc5N4C)c4ccccc43)c3ccccc23)Sc2ccccc21.[Cl-].[Cl-]. The summed E-state index contributed by atoms with van der Waals surface area (Å²) in [6.45, 7) is 10.9. The second-order valence-corrected chi connectivity index (χ2v) is 29.9. The van der Waals surface area contributed by atoms with Gasteiger partial charge in [0.1, 0.15) is 11.0 Å². The van der Waals surface area contributed by atoms with Crippen molar-refractivity contribution in [2.24, 2.45) is 0 Å². The summed E-state index contributed by atoms with van der Waals surface area (Å²) in [7, 11) is 32.4. The molecule has 2 aliphatic heterocycles. The topological polar surface area (TPSA) is 20.7 Å². The molecule has 8 rings (SSSR count).